The van der Waals surface area contributed by atoms with Crippen LogP contribution < -0.4 is 16.0 Å². The van der Waals surface area contributed by atoms with Crippen LogP contribution in [0.1, 0.15) is 27.0 Å². The number of carbonyl (C=O) groups is 2. The van der Waals surface area contributed by atoms with Crippen LogP contribution in [0.5, 0.6) is 0 Å². The van der Waals surface area contributed by atoms with Gasteiger partial charge < -0.3 is 16.0 Å². The normalized spacial score (nSPS) is 10.2. The highest BCUT2D eigenvalue weighted by Gasteiger charge is 2.08. The van der Waals surface area contributed by atoms with E-state index in [0.717, 1.165) is 16.8 Å². The topological polar surface area (TPSA) is 70.2 Å². The van der Waals surface area contributed by atoms with Gasteiger partial charge in [0.25, 0.3) is 5.91 Å². The maximum atomic E-state index is 12.1. The third-order valence-corrected chi connectivity index (χ3v) is 3.76. The van der Waals surface area contributed by atoms with E-state index in [1.54, 1.807) is 31.3 Å². The summed E-state index contributed by atoms with van der Waals surface area (Å²) in [4.78, 5) is 23.6. The zero-order chi connectivity index (χ0) is 17.7. The van der Waals surface area contributed by atoms with E-state index < -0.39 is 0 Å². The number of nitrogens with one attached hydrogen (secondary N) is 3. The predicted octanol–water partition coefficient (Wildman–Crippen LogP) is 3.02. The molecular formula is C19H23N3O2. The molecule has 0 fully saturated rings. The monoisotopic (exact) mass is 325 g/mol. The lowest BCUT2D eigenvalue weighted by Crippen LogP contribution is -2.22. The fourth-order valence-corrected chi connectivity index (χ4v) is 2.68. The number of amides is 2. The molecule has 0 radical (unpaired) electrons. The van der Waals surface area contributed by atoms with E-state index in [9.17, 15) is 9.59 Å². The van der Waals surface area contributed by atoms with Crippen molar-refractivity contribution < 1.29 is 9.59 Å². The molecule has 0 bridgehead atoms. The zero-order valence-corrected chi connectivity index (χ0v) is 14.5. The average molecular weight is 325 g/mol. The molecule has 2 amide bonds. The van der Waals surface area contributed by atoms with Crippen molar-refractivity contribution in [1.82, 2.24) is 5.32 Å². The maximum Gasteiger partial charge on any atom is 0.251 e. The Morgan fingerprint density at radius 1 is 0.958 bits per heavy atom. The highest BCUT2D eigenvalue weighted by atomic mass is 16.2. The van der Waals surface area contributed by atoms with Crippen LogP contribution in [0.2, 0.25) is 0 Å². The van der Waals surface area contributed by atoms with Crippen LogP contribution in [0.4, 0.5) is 11.4 Å². The summed E-state index contributed by atoms with van der Waals surface area (Å²) in [5.74, 6) is -0.290. The fourth-order valence-electron chi connectivity index (χ4n) is 2.68. The number of carbonyl (C=O) groups excluding carboxylic acids is 2. The van der Waals surface area contributed by atoms with Crippen LogP contribution in [-0.2, 0) is 4.79 Å². The fraction of sp³-hybridized carbons (Fsp3) is 0.263. The SMILES string of the molecule is CNC(=O)c1ccc(NC(=O)CNc2c(C)cc(C)cc2C)cc1. The number of aryl methyl sites for hydroxylation is 3. The summed E-state index contributed by atoms with van der Waals surface area (Å²) in [7, 11) is 1.58. The first kappa shape index (κ1) is 17.5. The molecule has 0 heterocycles. The Morgan fingerprint density at radius 2 is 1.54 bits per heavy atom. The van der Waals surface area contributed by atoms with E-state index in [2.05, 4.69) is 35.0 Å². The first-order valence-electron chi connectivity index (χ1n) is 7.84. The van der Waals surface area contributed by atoms with Gasteiger partial charge >= 0.3 is 0 Å². The van der Waals surface area contributed by atoms with Gasteiger partial charge in [0.2, 0.25) is 5.91 Å². The molecule has 2 rings (SSSR count). The summed E-state index contributed by atoms with van der Waals surface area (Å²) >= 11 is 0. The lowest BCUT2D eigenvalue weighted by molar-refractivity contribution is -0.114. The lowest BCUT2D eigenvalue weighted by atomic mass is 10.1. The highest BCUT2D eigenvalue weighted by Crippen LogP contribution is 2.21. The van der Waals surface area contributed by atoms with Gasteiger partial charge in [-0.05, 0) is 56.2 Å². The van der Waals surface area contributed by atoms with Crippen molar-refractivity contribution in [2.45, 2.75) is 20.8 Å². The summed E-state index contributed by atoms with van der Waals surface area (Å²) in [6.07, 6.45) is 0. The molecule has 0 aliphatic carbocycles. The van der Waals surface area contributed by atoms with Crippen molar-refractivity contribution in [3.05, 3.63) is 58.7 Å². The molecule has 5 heteroatoms. The smallest absolute Gasteiger partial charge is 0.251 e. The van der Waals surface area contributed by atoms with Crippen LogP contribution >= 0.6 is 0 Å². The van der Waals surface area contributed by atoms with Gasteiger partial charge in [-0.2, -0.15) is 0 Å². The van der Waals surface area contributed by atoms with E-state index in [1.807, 2.05) is 13.8 Å². The molecule has 0 saturated carbocycles. The molecule has 3 N–H and O–H groups in total. The molecule has 0 spiro atoms. The second kappa shape index (κ2) is 7.64. The lowest BCUT2D eigenvalue weighted by Gasteiger charge is -2.14. The molecule has 2 aromatic carbocycles. The first-order valence-corrected chi connectivity index (χ1v) is 7.84. The highest BCUT2D eigenvalue weighted by molar-refractivity contribution is 5.96. The van der Waals surface area contributed by atoms with Gasteiger partial charge in [-0.3, -0.25) is 9.59 Å². The minimum absolute atomic E-state index is 0.137. The molecule has 0 unspecified atom stereocenters. The van der Waals surface area contributed by atoms with Gasteiger partial charge in [0, 0.05) is 24.0 Å². The van der Waals surface area contributed by atoms with Gasteiger partial charge in [0.15, 0.2) is 0 Å². The maximum absolute atomic E-state index is 12.1. The molecule has 126 valence electrons. The molecule has 2 aromatic rings. The summed E-state index contributed by atoms with van der Waals surface area (Å²) in [6, 6.07) is 11.0. The van der Waals surface area contributed by atoms with Crippen LogP contribution in [0.15, 0.2) is 36.4 Å². The number of hydrogen-bond acceptors (Lipinski definition) is 3. The van der Waals surface area contributed by atoms with Crippen molar-refractivity contribution in [3.8, 4) is 0 Å². The number of rotatable bonds is 5. The van der Waals surface area contributed by atoms with E-state index in [1.165, 1.54) is 5.56 Å². The van der Waals surface area contributed by atoms with Gasteiger partial charge in [-0.25, -0.2) is 0 Å². The number of anilines is 2. The minimum atomic E-state index is -0.153. The van der Waals surface area contributed by atoms with Crippen molar-refractivity contribution >= 4 is 23.2 Å². The quantitative estimate of drug-likeness (QED) is 0.791. The molecule has 5 nitrogen and oxygen atoms in total. The number of benzene rings is 2. The van der Waals surface area contributed by atoms with Crippen molar-refractivity contribution in [3.63, 3.8) is 0 Å². The van der Waals surface area contributed by atoms with E-state index >= 15 is 0 Å². The Morgan fingerprint density at radius 3 is 2.08 bits per heavy atom. The standard InChI is InChI=1S/C19H23N3O2/c1-12-9-13(2)18(14(3)10-12)21-11-17(23)22-16-7-5-15(6-8-16)19(24)20-4/h5-10,21H,11H2,1-4H3,(H,20,24)(H,22,23). The Bertz CT molecular complexity index is 729. The summed E-state index contributed by atoms with van der Waals surface area (Å²) < 4.78 is 0. The third kappa shape index (κ3) is 4.35. The average Bonchev–Trinajstić information content (AvgIpc) is 2.53. The van der Waals surface area contributed by atoms with Crippen LogP contribution in [-0.4, -0.2) is 25.4 Å². The second-order valence-electron chi connectivity index (χ2n) is 5.83. The molecular weight excluding hydrogens is 302 g/mol. The summed E-state index contributed by atoms with van der Waals surface area (Å²) in [6.45, 7) is 6.29. The molecule has 0 aliphatic rings. The van der Waals surface area contributed by atoms with Gasteiger partial charge in [0.05, 0.1) is 6.54 Å². The third-order valence-electron chi connectivity index (χ3n) is 3.76. The molecule has 0 aromatic heterocycles. The predicted molar refractivity (Wildman–Crippen MR) is 97.6 cm³/mol. The van der Waals surface area contributed by atoms with Crippen LogP contribution in [0.25, 0.3) is 0 Å². The first-order chi connectivity index (χ1) is 11.4. The molecule has 0 saturated heterocycles. The molecule has 24 heavy (non-hydrogen) atoms. The Hall–Kier alpha value is -2.82. The van der Waals surface area contributed by atoms with E-state index in [-0.39, 0.29) is 18.4 Å². The Kier molecular flexibility index (Phi) is 5.58. The Balaban J connectivity index is 1.95. The van der Waals surface area contributed by atoms with Gasteiger partial charge in [0.1, 0.15) is 0 Å². The summed E-state index contributed by atoms with van der Waals surface area (Å²) in [5.41, 5.74) is 5.65. The van der Waals surface area contributed by atoms with E-state index in [0.29, 0.717) is 11.3 Å². The largest absolute Gasteiger partial charge is 0.376 e. The van der Waals surface area contributed by atoms with E-state index in [4.69, 9.17) is 0 Å². The molecule has 0 atom stereocenters. The van der Waals surface area contributed by atoms with Crippen molar-refractivity contribution in [1.29, 1.82) is 0 Å². The Labute approximate surface area is 142 Å². The molecule has 0 aliphatic heterocycles. The minimum Gasteiger partial charge on any atom is -0.376 e. The van der Waals surface area contributed by atoms with Crippen molar-refractivity contribution in [2.24, 2.45) is 0 Å². The van der Waals surface area contributed by atoms with Gasteiger partial charge in [-0.1, -0.05) is 17.7 Å². The van der Waals surface area contributed by atoms with Crippen LogP contribution in [0, 0.1) is 20.8 Å². The number of hydrogen-bond donors (Lipinski definition) is 3. The second-order valence-corrected chi connectivity index (χ2v) is 5.83. The van der Waals surface area contributed by atoms with Crippen molar-refractivity contribution in [2.75, 3.05) is 24.2 Å². The van der Waals surface area contributed by atoms with Crippen LogP contribution in [0.3, 0.4) is 0 Å². The zero-order valence-electron chi connectivity index (χ0n) is 14.5. The van der Waals surface area contributed by atoms with Gasteiger partial charge in [-0.15, -0.1) is 0 Å². The summed E-state index contributed by atoms with van der Waals surface area (Å²) in [5, 5.41) is 8.56.